The fourth-order valence-corrected chi connectivity index (χ4v) is 3.98. The molecule has 1 aliphatic heterocycles. The average Bonchev–Trinajstić information content (AvgIpc) is 3.10. The van der Waals surface area contributed by atoms with E-state index in [4.69, 9.17) is 16.3 Å². The standard InChI is InChI=1S/C18H24ClN3O2/c1-12-17(18(24-3)21(2)20-12)15-9-6-10-22(15)11-16(23)13-7-4-5-8-14(13)19/h4-5,7-8,15-16,23H,6,9-11H2,1-3H3/t15-,16+/m1/s1. The van der Waals surface area contributed by atoms with Crippen LogP contribution >= 0.6 is 11.6 Å². The van der Waals surface area contributed by atoms with Crippen molar-refractivity contribution in [3.8, 4) is 5.88 Å². The lowest BCUT2D eigenvalue weighted by molar-refractivity contribution is 0.105. The molecule has 1 aliphatic rings. The highest BCUT2D eigenvalue weighted by molar-refractivity contribution is 6.31. The van der Waals surface area contributed by atoms with Crippen LogP contribution in [0.5, 0.6) is 5.88 Å². The summed E-state index contributed by atoms with van der Waals surface area (Å²) in [5.41, 5.74) is 2.89. The molecule has 0 saturated carbocycles. The van der Waals surface area contributed by atoms with Crippen molar-refractivity contribution in [2.75, 3.05) is 20.2 Å². The van der Waals surface area contributed by atoms with Gasteiger partial charge in [0.1, 0.15) is 0 Å². The summed E-state index contributed by atoms with van der Waals surface area (Å²) in [5.74, 6) is 0.802. The molecule has 1 fully saturated rings. The second-order valence-electron chi connectivity index (χ2n) is 6.32. The maximum absolute atomic E-state index is 10.6. The molecule has 0 radical (unpaired) electrons. The quantitative estimate of drug-likeness (QED) is 0.900. The van der Waals surface area contributed by atoms with Crippen LogP contribution in [0.2, 0.25) is 5.02 Å². The van der Waals surface area contributed by atoms with E-state index in [1.165, 1.54) is 0 Å². The van der Waals surface area contributed by atoms with Gasteiger partial charge in [-0.25, -0.2) is 4.68 Å². The molecule has 1 saturated heterocycles. The molecule has 3 rings (SSSR count). The van der Waals surface area contributed by atoms with E-state index < -0.39 is 6.10 Å². The first-order valence-electron chi connectivity index (χ1n) is 8.27. The Hall–Kier alpha value is -1.56. The van der Waals surface area contributed by atoms with Gasteiger partial charge >= 0.3 is 0 Å². The number of rotatable bonds is 5. The Morgan fingerprint density at radius 1 is 1.42 bits per heavy atom. The highest BCUT2D eigenvalue weighted by Crippen LogP contribution is 2.39. The number of aromatic nitrogens is 2. The fourth-order valence-electron chi connectivity index (χ4n) is 3.72. The molecule has 2 heterocycles. The highest BCUT2D eigenvalue weighted by Gasteiger charge is 2.33. The van der Waals surface area contributed by atoms with Crippen molar-refractivity contribution in [3.05, 3.63) is 46.1 Å². The van der Waals surface area contributed by atoms with Gasteiger partial charge in [-0.3, -0.25) is 4.90 Å². The predicted octanol–water partition coefficient (Wildman–Crippen LogP) is 3.26. The van der Waals surface area contributed by atoms with Gasteiger partial charge in [0.2, 0.25) is 5.88 Å². The molecule has 5 nitrogen and oxygen atoms in total. The molecule has 24 heavy (non-hydrogen) atoms. The number of likely N-dealkylation sites (tertiary alicyclic amines) is 1. The van der Waals surface area contributed by atoms with Crippen molar-refractivity contribution in [2.24, 2.45) is 7.05 Å². The first kappa shape index (κ1) is 17.3. The summed E-state index contributed by atoms with van der Waals surface area (Å²) in [6, 6.07) is 7.69. The Kier molecular flexibility index (Phi) is 5.13. The Morgan fingerprint density at radius 2 is 2.17 bits per heavy atom. The molecule has 1 aromatic carbocycles. The van der Waals surface area contributed by atoms with Gasteiger partial charge in [-0.2, -0.15) is 5.10 Å². The molecular weight excluding hydrogens is 326 g/mol. The molecular formula is C18H24ClN3O2. The molecule has 6 heteroatoms. The zero-order valence-corrected chi connectivity index (χ0v) is 15.1. The van der Waals surface area contributed by atoms with Crippen LogP contribution in [0.4, 0.5) is 0 Å². The van der Waals surface area contributed by atoms with E-state index in [1.807, 2.05) is 38.2 Å². The van der Waals surface area contributed by atoms with Crippen LogP contribution in [0.1, 0.15) is 41.8 Å². The minimum Gasteiger partial charge on any atom is -0.481 e. The number of nitrogens with zero attached hydrogens (tertiary/aromatic N) is 3. The molecule has 2 atom stereocenters. The molecule has 0 bridgehead atoms. The molecule has 0 amide bonds. The topological polar surface area (TPSA) is 50.5 Å². The summed E-state index contributed by atoms with van der Waals surface area (Å²) in [7, 11) is 3.57. The average molecular weight is 350 g/mol. The molecule has 2 aromatic rings. The van der Waals surface area contributed by atoms with Crippen LogP contribution in [0, 0.1) is 6.92 Å². The molecule has 1 N–H and O–H groups in total. The van der Waals surface area contributed by atoms with Gasteiger partial charge in [-0.15, -0.1) is 0 Å². The monoisotopic (exact) mass is 349 g/mol. The third kappa shape index (κ3) is 3.16. The van der Waals surface area contributed by atoms with Gasteiger partial charge in [-0.05, 0) is 32.4 Å². The summed E-state index contributed by atoms with van der Waals surface area (Å²) >= 11 is 6.22. The first-order valence-corrected chi connectivity index (χ1v) is 8.64. The number of halogens is 1. The number of methoxy groups -OCH3 is 1. The van der Waals surface area contributed by atoms with Crippen molar-refractivity contribution in [1.29, 1.82) is 0 Å². The maximum Gasteiger partial charge on any atom is 0.216 e. The minimum absolute atomic E-state index is 0.214. The minimum atomic E-state index is -0.609. The van der Waals surface area contributed by atoms with Crippen molar-refractivity contribution in [3.63, 3.8) is 0 Å². The Balaban J connectivity index is 1.83. The van der Waals surface area contributed by atoms with Crippen molar-refractivity contribution in [1.82, 2.24) is 14.7 Å². The van der Waals surface area contributed by atoms with E-state index >= 15 is 0 Å². The maximum atomic E-state index is 10.6. The molecule has 0 aliphatic carbocycles. The summed E-state index contributed by atoms with van der Waals surface area (Å²) in [6.07, 6.45) is 1.53. The second-order valence-corrected chi connectivity index (χ2v) is 6.73. The molecule has 1 aromatic heterocycles. The predicted molar refractivity (Wildman–Crippen MR) is 94.5 cm³/mol. The largest absolute Gasteiger partial charge is 0.481 e. The lowest BCUT2D eigenvalue weighted by atomic mass is 10.0. The lowest BCUT2D eigenvalue weighted by Crippen LogP contribution is -2.29. The summed E-state index contributed by atoms with van der Waals surface area (Å²) in [6.45, 7) is 3.51. The smallest absolute Gasteiger partial charge is 0.216 e. The normalized spacial score (nSPS) is 19.6. The van der Waals surface area contributed by atoms with Gasteiger partial charge < -0.3 is 9.84 Å². The van der Waals surface area contributed by atoms with E-state index in [0.29, 0.717) is 11.6 Å². The van der Waals surface area contributed by atoms with Crippen LogP contribution in [0.3, 0.4) is 0 Å². The van der Waals surface area contributed by atoms with E-state index in [9.17, 15) is 5.11 Å². The van der Waals surface area contributed by atoms with Crippen molar-refractivity contribution < 1.29 is 9.84 Å². The van der Waals surface area contributed by atoms with Crippen molar-refractivity contribution >= 4 is 11.6 Å². The molecule has 0 unspecified atom stereocenters. The summed E-state index contributed by atoms with van der Waals surface area (Å²) in [4.78, 5) is 2.31. The van der Waals surface area contributed by atoms with E-state index in [-0.39, 0.29) is 6.04 Å². The third-order valence-corrected chi connectivity index (χ3v) is 5.12. The van der Waals surface area contributed by atoms with Gasteiger partial charge in [-0.1, -0.05) is 29.8 Å². The number of hydrogen-bond donors (Lipinski definition) is 1. The Labute approximate surface area is 147 Å². The number of ether oxygens (including phenoxy) is 1. The van der Waals surface area contributed by atoms with Crippen molar-refractivity contribution in [2.45, 2.75) is 31.9 Å². The number of aliphatic hydroxyl groups is 1. The van der Waals surface area contributed by atoms with Gasteiger partial charge in [0, 0.05) is 30.2 Å². The van der Waals surface area contributed by atoms with E-state index in [2.05, 4.69) is 10.00 Å². The first-order chi connectivity index (χ1) is 11.5. The number of hydrogen-bond acceptors (Lipinski definition) is 4. The fraction of sp³-hybridized carbons (Fsp3) is 0.500. The number of benzene rings is 1. The van der Waals surface area contributed by atoms with Crippen LogP contribution in [-0.2, 0) is 7.05 Å². The van der Waals surface area contributed by atoms with Crippen LogP contribution in [0.25, 0.3) is 0 Å². The molecule has 130 valence electrons. The number of β-amino-alcohol motifs (C(OH)–C–C–N with tert-alkyl or cyclic N) is 1. The number of aryl methyl sites for hydroxylation is 2. The zero-order chi connectivity index (χ0) is 17.3. The zero-order valence-electron chi connectivity index (χ0n) is 14.4. The van der Waals surface area contributed by atoms with Gasteiger partial charge in [0.15, 0.2) is 0 Å². The van der Waals surface area contributed by atoms with Gasteiger partial charge in [0.25, 0.3) is 0 Å². The Morgan fingerprint density at radius 3 is 2.88 bits per heavy atom. The summed E-state index contributed by atoms with van der Waals surface area (Å²) in [5, 5.41) is 15.8. The van der Waals surface area contributed by atoms with Crippen LogP contribution < -0.4 is 4.74 Å². The van der Waals surface area contributed by atoms with Crippen LogP contribution in [0.15, 0.2) is 24.3 Å². The highest BCUT2D eigenvalue weighted by atomic mass is 35.5. The summed E-state index contributed by atoms with van der Waals surface area (Å²) < 4.78 is 7.34. The lowest BCUT2D eigenvalue weighted by Gasteiger charge is -2.27. The SMILES string of the molecule is COc1c([C@H]2CCCN2C[C@H](O)c2ccccc2Cl)c(C)nn1C. The molecule has 0 spiro atoms. The Bertz CT molecular complexity index is 716. The van der Waals surface area contributed by atoms with Gasteiger partial charge in [0.05, 0.1) is 24.5 Å². The second kappa shape index (κ2) is 7.13. The van der Waals surface area contributed by atoms with Crippen LogP contribution in [-0.4, -0.2) is 40.0 Å². The number of aliphatic hydroxyl groups excluding tert-OH is 1. The third-order valence-electron chi connectivity index (χ3n) is 4.78. The van der Waals surface area contributed by atoms with E-state index in [1.54, 1.807) is 11.8 Å². The van der Waals surface area contributed by atoms with E-state index in [0.717, 1.165) is 42.1 Å².